The first-order valence-electron chi connectivity index (χ1n) is 8.45. The molecule has 0 radical (unpaired) electrons. The van der Waals surface area contributed by atoms with E-state index >= 15 is 0 Å². The van der Waals surface area contributed by atoms with Gasteiger partial charge < -0.3 is 21.6 Å². The number of anilines is 1. The highest BCUT2D eigenvalue weighted by atomic mass is 16.5. The Labute approximate surface area is 139 Å². The number of hydrogen-bond donors (Lipinski definition) is 3. The minimum Gasteiger partial charge on any atom is -0.496 e. The van der Waals surface area contributed by atoms with Crippen LogP contribution in [-0.4, -0.2) is 13.3 Å². The zero-order valence-electron chi connectivity index (χ0n) is 14.5. The Hall–Kier alpha value is -1.97. The van der Waals surface area contributed by atoms with Gasteiger partial charge >= 0.3 is 0 Å². The van der Waals surface area contributed by atoms with E-state index in [1.165, 1.54) is 11.8 Å². The molecular formula is C19H29N3O. The van der Waals surface area contributed by atoms with Gasteiger partial charge in [0.25, 0.3) is 0 Å². The summed E-state index contributed by atoms with van der Waals surface area (Å²) in [6.45, 7) is 4.48. The lowest BCUT2D eigenvalue weighted by molar-refractivity contribution is 0.243. The van der Waals surface area contributed by atoms with Gasteiger partial charge in [-0.25, -0.2) is 0 Å². The Bertz CT molecular complexity index is 609. The number of nitrogens with one attached hydrogen (secondary N) is 1. The normalized spacial score (nSPS) is 26.2. The maximum absolute atomic E-state index is 7.91. The van der Waals surface area contributed by atoms with Crippen LogP contribution >= 0.6 is 0 Å². The van der Waals surface area contributed by atoms with E-state index in [4.69, 9.17) is 21.6 Å². The molecule has 1 aromatic rings. The van der Waals surface area contributed by atoms with Gasteiger partial charge in [0.1, 0.15) is 5.75 Å². The van der Waals surface area contributed by atoms with E-state index in [9.17, 15) is 0 Å². The highest BCUT2D eigenvalue weighted by molar-refractivity contribution is 5.89. The summed E-state index contributed by atoms with van der Waals surface area (Å²) in [6.07, 6.45) is 8.46. The monoisotopic (exact) mass is 315 g/mol. The van der Waals surface area contributed by atoms with Crippen molar-refractivity contribution in [3.63, 3.8) is 0 Å². The first-order chi connectivity index (χ1) is 11.1. The molecule has 23 heavy (non-hydrogen) atoms. The molecule has 1 fully saturated rings. The number of ether oxygens (including phenoxy) is 1. The number of nitrogen functional groups attached to an aromatic ring is 1. The van der Waals surface area contributed by atoms with Crippen LogP contribution in [0.2, 0.25) is 0 Å². The van der Waals surface area contributed by atoms with Gasteiger partial charge in [-0.1, -0.05) is 20.3 Å². The summed E-state index contributed by atoms with van der Waals surface area (Å²) < 4.78 is 5.68. The fraction of sp³-hybridized carbons (Fsp3) is 0.526. The summed E-state index contributed by atoms with van der Waals surface area (Å²) in [7, 11) is 1.68. The molecular weight excluding hydrogens is 286 g/mol. The summed E-state index contributed by atoms with van der Waals surface area (Å²) in [5, 5.41) is 7.91. The number of rotatable bonds is 5. The molecule has 2 atom stereocenters. The summed E-state index contributed by atoms with van der Waals surface area (Å²) in [5.41, 5.74) is 15.7. The van der Waals surface area contributed by atoms with Gasteiger partial charge in [-0.3, -0.25) is 0 Å². The molecule has 126 valence electrons. The van der Waals surface area contributed by atoms with Crippen molar-refractivity contribution >= 4 is 11.9 Å². The van der Waals surface area contributed by atoms with Crippen LogP contribution in [0.15, 0.2) is 23.9 Å². The molecule has 0 heterocycles. The van der Waals surface area contributed by atoms with Gasteiger partial charge in [-0.15, -0.1) is 0 Å². The van der Waals surface area contributed by atoms with Gasteiger partial charge in [0.05, 0.1) is 7.11 Å². The number of hydrogen-bond acceptors (Lipinski definition) is 4. The molecule has 0 spiro atoms. The number of allylic oxidation sites excluding steroid dienone is 1. The summed E-state index contributed by atoms with van der Waals surface area (Å²) >= 11 is 0. The summed E-state index contributed by atoms with van der Waals surface area (Å²) in [6, 6.07) is 3.74. The lowest BCUT2D eigenvalue weighted by Crippen LogP contribution is -2.40. The minimum absolute atomic E-state index is 0.199. The molecule has 1 aliphatic carbocycles. The second kappa shape index (κ2) is 7.07. The lowest BCUT2D eigenvalue weighted by Gasteiger charge is -2.46. The molecule has 4 nitrogen and oxygen atoms in total. The SMILES string of the molecule is CCCC1(c2c(OC)ccc(N)c2C=N)/C(=C/N)CCCC1C. The quantitative estimate of drug-likeness (QED) is 0.567. The predicted molar refractivity (Wildman–Crippen MR) is 97.2 cm³/mol. The van der Waals surface area contributed by atoms with Crippen molar-refractivity contribution in [2.45, 2.75) is 51.4 Å². The zero-order valence-corrected chi connectivity index (χ0v) is 14.5. The fourth-order valence-electron chi connectivity index (χ4n) is 4.35. The lowest BCUT2D eigenvalue weighted by atomic mass is 9.57. The van der Waals surface area contributed by atoms with Crippen LogP contribution in [0, 0.1) is 11.3 Å². The molecule has 1 aliphatic rings. The Balaban J connectivity index is 2.85. The van der Waals surface area contributed by atoms with E-state index in [2.05, 4.69) is 13.8 Å². The molecule has 4 heteroatoms. The Morgan fingerprint density at radius 3 is 2.74 bits per heavy atom. The molecule has 0 aromatic heterocycles. The number of benzene rings is 1. The average Bonchev–Trinajstić information content (AvgIpc) is 2.56. The molecule has 0 aliphatic heterocycles. The molecule has 1 aromatic carbocycles. The smallest absolute Gasteiger partial charge is 0.123 e. The first-order valence-corrected chi connectivity index (χ1v) is 8.45. The zero-order chi connectivity index (χ0) is 17.0. The Morgan fingerprint density at radius 1 is 1.43 bits per heavy atom. The van der Waals surface area contributed by atoms with Crippen LogP contribution in [0.25, 0.3) is 0 Å². The molecule has 2 unspecified atom stereocenters. The average molecular weight is 315 g/mol. The van der Waals surface area contributed by atoms with E-state index < -0.39 is 0 Å². The third-order valence-corrected chi connectivity index (χ3v) is 5.39. The summed E-state index contributed by atoms with van der Waals surface area (Å²) in [5.74, 6) is 1.24. The predicted octanol–water partition coefficient (Wildman–Crippen LogP) is 3.98. The van der Waals surface area contributed by atoms with E-state index in [-0.39, 0.29) is 5.41 Å². The fourth-order valence-corrected chi connectivity index (χ4v) is 4.35. The van der Waals surface area contributed by atoms with Crippen LogP contribution in [0.3, 0.4) is 0 Å². The van der Waals surface area contributed by atoms with Crippen LogP contribution < -0.4 is 16.2 Å². The third kappa shape index (κ3) is 2.71. The topological polar surface area (TPSA) is 85.1 Å². The van der Waals surface area contributed by atoms with E-state index in [1.54, 1.807) is 13.3 Å². The Kier molecular flexibility index (Phi) is 5.34. The third-order valence-electron chi connectivity index (χ3n) is 5.39. The highest BCUT2D eigenvalue weighted by Crippen LogP contribution is 2.54. The number of methoxy groups -OCH3 is 1. The van der Waals surface area contributed by atoms with Crippen molar-refractivity contribution in [1.82, 2.24) is 0 Å². The van der Waals surface area contributed by atoms with Gasteiger partial charge in [0, 0.05) is 28.4 Å². The van der Waals surface area contributed by atoms with Gasteiger partial charge in [-0.05, 0) is 55.5 Å². The highest BCUT2D eigenvalue weighted by Gasteiger charge is 2.45. The van der Waals surface area contributed by atoms with Gasteiger partial charge in [-0.2, -0.15) is 0 Å². The van der Waals surface area contributed by atoms with E-state index in [0.29, 0.717) is 11.6 Å². The first kappa shape index (κ1) is 17.4. The van der Waals surface area contributed by atoms with E-state index in [0.717, 1.165) is 49.0 Å². The largest absolute Gasteiger partial charge is 0.496 e. The van der Waals surface area contributed by atoms with Crippen molar-refractivity contribution in [1.29, 1.82) is 5.41 Å². The molecule has 1 saturated carbocycles. The number of nitrogens with two attached hydrogens (primary N) is 2. The molecule has 0 saturated heterocycles. The van der Waals surface area contributed by atoms with Crippen LogP contribution in [0.4, 0.5) is 5.69 Å². The standard InChI is InChI=1S/C19H29N3O/c1-4-10-19(13(2)6-5-7-14(19)11-20)18-15(12-21)16(22)8-9-17(18)23-3/h8-9,11-13,21H,4-7,10,20,22H2,1-3H3/b14-11+,21-12?. The van der Waals surface area contributed by atoms with Crippen LogP contribution in [0.5, 0.6) is 5.75 Å². The molecule has 5 N–H and O–H groups in total. The molecule has 2 rings (SSSR count). The molecule has 0 amide bonds. The molecule has 0 bridgehead atoms. The van der Waals surface area contributed by atoms with Crippen molar-refractivity contribution in [3.05, 3.63) is 35.0 Å². The second-order valence-electron chi connectivity index (χ2n) is 6.50. The van der Waals surface area contributed by atoms with Gasteiger partial charge in [0.2, 0.25) is 0 Å². The van der Waals surface area contributed by atoms with E-state index in [1.807, 2.05) is 12.1 Å². The van der Waals surface area contributed by atoms with Crippen LogP contribution in [-0.2, 0) is 5.41 Å². The van der Waals surface area contributed by atoms with Gasteiger partial charge in [0.15, 0.2) is 0 Å². The van der Waals surface area contributed by atoms with Crippen molar-refractivity contribution < 1.29 is 4.74 Å². The van der Waals surface area contributed by atoms with Crippen LogP contribution in [0.1, 0.15) is 57.1 Å². The van der Waals surface area contributed by atoms with Crippen molar-refractivity contribution in [3.8, 4) is 5.75 Å². The minimum atomic E-state index is -0.199. The maximum Gasteiger partial charge on any atom is 0.123 e. The van der Waals surface area contributed by atoms with Crippen molar-refractivity contribution in [2.75, 3.05) is 12.8 Å². The summed E-state index contributed by atoms with van der Waals surface area (Å²) in [4.78, 5) is 0. The second-order valence-corrected chi connectivity index (χ2v) is 6.50. The van der Waals surface area contributed by atoms with Crippen molar-refractivity contribution in [2.24, 2.45) is 11.7 Å². The Morgan fingerprint density at radius 2 is 2.17 bits per heavy atom. The maximum atomic E-state index is 7.91.